The molecule has 0 amide bonds. The Kier molecular flexibility index (Phi) is 10.1. The van der Waals surface area contributed by atoms with E-state index in [1.54, 1.807) is 0 Å². The molecule has 0 bridgehead atoms. The number of para-hydroxylation sites is 1. The number of fused-ring (bicyclic) bond motifs is 6. The van der Waals surface area contributed by atoms with Gasteiger partial charge in [-0.15, -0.1) is 41.5 Å². The maximum absolute atomic E-state index is 6.18. The molecule has 0 N–H and O–H groups in total. The van der Waals surface area contributed by atoms with Crippen molar-refractivity contribution in [3.8, 4) is 22.5 Å². The van der Waals surface area contributed by atoms with Crippen molar-refractivity contribution in [3.05, 3.63) is 163 Å². The maximum Gasteiger partial charge on any atom is 0.120 e. The first-order valence-corrected chi connectivity index (χ1v) is 22.0. The molecule has 0 unspecified atom stereocenters. The van der Waals surface area contributed by atoms with Crippen LogP contribution in [0.3, 0.4) is 0 Å². The van der Waals surface area contributed by atoms with Gasteiger partial charge in [0.25, 0.3) is 0 Å². The summed E-state index contributed by atoms with van der Waals surface area (Å²) in [5, 5.41) is 6.29. The van der Waals surface area contributed by atoms with Crippen LogP contribution >= 0.6 is 11.3 Å². The molecule has 0 fully saturated rings. The van der Waals surface area contributed by atoms with Crippen molar-refractivity contribution in [1.82, 2.24) is 9.97 Å². The summed E-state index contributed by atoms with van der Waals surface area (Å²) in [6.45, 7) is 13.7. The molecular formula is C47H40IrN2OSSi-2. The van der Waals surface area contributed by atoms with Gasteiger partial charge in [-0.25, -0.2) is 0 Å². The Morgan fingerprint density at radius 2 is 1.43 bits per heavy atom. The van der Waals surface area contributed by atoms with Crippen LogP contribution in [0.5, 0.6) is 0 Å². The third kappa shape index (κ3) is 6.93. The van der Waals surface area contributed by atoms with E-state index in [1.165, 1.54) is 42.0 Å². The fourth-order valence-corrected chi connectivity index (χ4v) is 9.29. The zero-order chi connectivity index (χ0) is 36.0. The van der Waals surface area contributed by atoms with Crippen LogP contribution in [0.1, 0.15) is 30.5 Å². The van der Waals surface area contributed by atoms with E-state index in [0.29, 0.717) is 0 Å². The monoisotopic (exact) mass is 901 g/mol. The van der Waals surface area contributed by atoms with Gasteiger partial charge in [-0.3, -0.25) is 0 Å². The van der Waals surface area contributed by atoms with Gasteiger partial charge in [-0.2, -0.15) is 11.3 Å². The topological polar surface area (TPSA) is 38.9 Å². The van der Waals surface area contributed by atoms with Gasteiger partial charge in [0, 0.05) is 48.0 Å². The molecule has 0 spiro atoms. The van der Waals surface area contributed by atoms with Gasteiger partial charge in [0.1, 0.15) is 5.58 Å². The molecule has 6 heteroatoms. The SMILES string of the molecule is CC(C)(c1ccccc1)c1ccnc(-c2[c-]ccc3c2oc2ccccc23)c1.Cc1c[c-]c(-c2ccc([Si](C)(C)C)cn2)c2sc3ccccc3c12.[Ir]. The van der Waals surface area contributed by atoms with Crippen LogP contribution < -0.4 is 5.19 Å². The van der Waals surface area contributed by atoms with Crippen LogP contribution in [-0.2, 0) is 25.5 Å². The quantitative estimate of drug-likeness (QED) is 0.128. The minimum Gasteiger partial charge on any atom is -0.501 e. The molecule has 265 valence electrons. The van der Waals surface area contributed by atoms with Gasteiger partial charge in [0.15, 0.2) is 0 Å². The maximum atomic E-state index is 6.18. The van der Waals surface area contributed by atoms with Crippen molar-refractivity contribution in [2.45, 2.75) is 45.8 Å². The first kappa shape index (κ1) is 36.6. The zero-order valence-electron chi connectivity index (χ0n) is 30.7. The molecule has 53 heavy (non-hydrogen) atoms. The summed E-state index contributed by atoms with van der Waals surface area (Å²) < 4.78 is 8.80. The predicted molar refractivity (Wildman–Crippen MR) is 223 cm³/mol. The van der Waals surface area contributed by atoms with E-state index in [1.807, 2.05) is 41.8 Å². The average molecular weight is 901 g/mol. The molecule has 5 aromatic carbocycles. The van der Waals surface area contributed by atoms with Crippen LogP contribution in [0.15, 0.2) is 138 Å². The molecule has 0 aliphatic rings. The third-order valence-electron chi connectivity index (χ3n) is 10.1. The first-order valence-electron chi connectivity index (χ1n) is 17.7. The number of aryl methyl sites for hydroxylation is 1. The first-order chi connectivity index (χ1) is 25.1. The van der Waals surface area contributed by atoms with Gasteiger partial charge >= 0.3 is 0 Å². The van der Waals surface area contributed by atoms with E-state index in [-0.39, 0.29) is 25.5 Å². The zero-order valence-corrected chi connectivity index (χ0v) is 35.0. The summed E-state index contributed by atoms with van der Waals surface area (Å²) >= 11 is 1.84. The molecule has 0 saturated heterocycles. The Morgan fingerprint density at radius 1 is 0.698 bits per heavy atom. The van der Waals surface area contributed by atoms with E-state index >= 15 is 0 Å². The number of furan rings is 1. The van der Waals surface area contributed by atoms with Crippen molar-refractivity contribution in [2.75, 3.05) is 0 Å². The van der Waals surface area contributed by atoms with Crippen molar-refractivity contribution >= 4 is 66.7 Å². The Bertz CT molecular complexity index is 2710. The molecule has 4 heterocycles. The number of aromatic nitrogens is 2. The Morgan fingerprint density at radius 3 is 2.19 bits per heavy atom. The van der Waals surface area contributed by atoms with Crippen molar-refractivity contribution < 1.29 is 24.5 Å². The normalized spacial score (nSPS) is 11.8. The number of thiophene rings is 1. The largest absolute Gasteiger partial charge is 0.501 e. The molecule has 0 atom stereocenters. The summed E-state index contributed by atoms with van der Waals surface area (Å²) in [5.41, 5.74) is 9.30. The van der Waals surface area contributed by atoms with E-state index in [0.717, 1.165) is 44.5 Å². The predicted octanol–water partition coefficient (Wildman–Crippen LogP) is 12.5. The second-order valence-corrected chi connectivity index (χ2v) is 21.1. The van der Waals surface area contributed by atoms with Crippen LogP contribution in [0, 0.1) is 19.1 Å². The molecule has 9 rings (SSSR count). The Balaban J connectivity index is 0.000000163. The van der Waals surface area contributed by atoms with Crippen LogP contribution in [-0.4, -0.2) is 18.0 Å². The number of pyridine rings is 2. The number of nitrogens with zero attached hydrogens (tertiary/aromatic N) is 2. The molecule has 3 nitrogen and oxygen atoms in total. The van der Waals surface area contributed by atoms with E-state index in [4.69, 9.17) is 9.40 Å². The van der Waals surface area contributed by atoms with Crippen molar-refractivity contribution in [3.63, 3.8) is 0 Å². The van der Waals surface area contributed by atoms with E-state index in [9.17, 15) is 0 Å². The van der Waals surface area contributed by atoms with Gasteiger partial charge in [-0.1, -0.05) is 142 Å². The number of rotatable bonds is 5. The van der Waals surface area contributed by atoms with Crippen molar-refractivity contribution in [2.24, 2.45) is 0 Å². The standard InChI is InChI=1S/C26H20NO.C21H20NSSi.Ir/c1-26(2,18-9-4-3-5-10-18)19-15-16-27-23(17-19)22-13-8-12-21-20-11-6-7-14-24(20)28-25(21)22;1-14-9-11-16(18-12-10-15(13-22-18)24(2,3)4)21-20(14)17-7-5-6-8-19(17)23-21;/h3-12,14-17H,1-2H3;5-10,12-13H,1-4H3;/q2*-1;. The van der Waals surface area contributed by atoms with Gasteiger partial charge in [0.05, 0.1) is 13.7 Å². The van der Waals surface area contributed by atoms with E-state index in [2.05, 4.69) is 161 Å². The minimum atomic E-state index is -1.32. The Labute approximate surface area is 330 Å². The molecular weight excluding hydrogens is 861 g/mol. The third-order valence-corrected chi connectivity index (χ3v) is 13.3. The van der Waals surface area contributed by atoms with Crippen molar-refractivity contribution in [1.29, 1.82) is 0 Å². The average Bonchev–Trinajstić information content (AvgIpc) is 3.75. The van der Waals surface area contributed by atoms with E-state index < -0.39 is 8.07 Å². The Hall–Kier alpha value is -4.71. The molecule has 0 saturated carbocycles. The summed E-state index contributed by atoms with van der Waals surface area (Å²) in [5.74, 6) is 0. The van der Waals surface area contributed by atoms with Gasteiger partial charge in [0.2, 0.25) is 0 Å². The molecule has 0 aliphatic carbocycles. The second kappa shape index (κ2) is 14.6. The molecule has 1 radical (unpaired) electrons. The van der Waals surface area contributed by atoms with Gasteiger partial charge in [-0.05, 0) is 56.0 Å². The van der Waals surface area contributed by atoms with Crippen LogP contribution in [0.2, 0.25) is 19.6 Å². The summed E-state index contributed by atoms with van der Waals surface area (Å²) in [4.78, 5) is 9.42. The molecule has 4 aromatic heterocycles. The van der Waals surface area contributed by atoms with Gasteiger partial charge < -0.3 is 14.4 Å². The number of hydrogen-bond acceptors (Lipinski definition) is 4. The second-order valence-electron chi connectivity index (χ2n) is 14.9. The summed E-state index contributed by atoms with van der Waals surface area (Å²) in [6.07, 6.45) is 3.94. The fraction of sp³-hybridized carbons (Fsp3) is 0.149. The van der Waals surface area contributed by atoms with Crippen LogP contribution in [0.4, 0.5) is 0 Å². The number of benzene rings is 5. The summed E-state index contributed by atoms with van der Waals surface area (Å²) in [7, 11) is -1.32. The molecule has 0 aliphatic heterocycles. The fourth-order valence-electron chi connectivity index (χ4n) is 6.97. The van der Waals surface area contributed by atoms with Crippen LogP contribution in [0.25, 0.3) is 64.6 Å². The smallest absolute Gasteiger partial charge is 0.120 e. The minimum absolute atomic E-state index is 0. The summed E-state index contributed by atoms with van der Waals surface area (Å²) in [6, 6.07) is 48.9. The number of hydrogen-bond donors (Lipinski definition) is 0. The molecule has 9 aromatic rings.